The molecule has 0 aliphatic carbocycles. The molecule has 0 unspecified atom stereocenters. The summed E-state index contributed by atoms with van der Waals surface area (Å²) in [5.41, 5.74) is 7.66. The molecule has 0 radical (unpaired) electrons. The van der Waals surface area contributed by atoms with E-state index >= 15 is 0 Å². The highest BCUT2D eigenvalue weighted by molar-refractivity contribution is 5.37. The zero-order chi connectivity index (χ0) is 9.52. The molecule has 0 fully saturated rings. The van der Waals surface area contributed by atoms with E-state index in [0.717, 1.165) is 11.1 Å². The van der Waals surface area contributed by atoms with Crippen LogP contribution in [0.3, 0.4) is 0 Å². The van der Waals surface area contributed by atoms with Gasteiger partial charge in [-0.05, 0) is 24.7 Å². The van der Waals surface area contributed by atoms with E-state index in [2.05, 4.69) is 17.2 Å². The molecule has 1 aromatic carbocycles. The second kappa shape index (κ2) is 5.36. The first-order valence-electron chi connectivity index (χ1n) is 4.29. The molecule has 1 aromatic rings. The van der Waals surface area contributed by atoms with Crippen molar-refractivity contribution in [1.82, 2.24) is 5.32 Å². The van der Waals surface area contributed by atoms with Crippen LogP contribution >= 0.6 is 0 Å². The van der Waals surface area contributed by atoms with Crippen LogP contribution in [-0.4, -0.2) is 13.6 Å². The molecule has 0 aromatic heterocycles. The van der Waals surface area contributed by atoms with Crippen molar-refractivity contribution >= 4 is 0 Å². The molecule has 2 nitrogen and oxygen atoms in total. The molecule has 0 aliphatic rings. The fraction of sp³-hybridized carbons (Fsp3) is 0.273. The van der Waals surface area contributed by atoms with Gasteiger partial charge in [-0.3, -0.25) is 0 Å². The van der Waals surface area contributed by atoms with Gasteiger partial charge in [0.05, 0.1) is 6.54 Å². The van der Waals surface area contributed by atoms with Crippen molar-refractivity contribution in [3.05, 3.63) is 35.4 Å². The average Bonchev–Trinajstić information content (AvgIpc) is 2.19. The topological polar surface area (TPSA) is 38.0 Å². The van der Waals surface area contributed by atoms with Crippen LogP contribution in [-0.2, 0) is 6.54 Å². The van der Waals surface area contributed by atoms with E-state index in [1.165, 1.54) is 0 Å². The average molecular weight is 174 g/mol. The number of benzene rings is 1. The standard InChI is InChI=1S/C11H14N2/c1-13-7-3-6-10-4-2-5-11(8-10)9-12/h2,4-5,8,13H,7,9,12H2,1H3. The van der Waals surface area contributed by atoms with Crippen molar-refractivity contribution in [2.24, 2.45) is 5.73 Å². The van der Waals surface area contributed by atoms with Gasteiger partial charge in [0.2, 0.25) is 0 Å². The van der Waals surface area contributed by atoms with Gasteiger partial charge < -0.3 is 11.1 Å². The van der Waals surface area contributed by atoms with Crippen molar-refractivity contribution < 1.29 is 0 Å². The minimum Gasteiger partial charge on any atom is -0.326 e. The predicted molar refractivity (Wildman–Crippen MR) is 55.1 cm³/mol. The van der Waals surface area contributed by atoms with Gasteiger partial charge in [0.1, 0.15) is 0 Å². The summed E-state index contributed by atoms with van der Waals surface area (Å²) in [6, 6.07) is 7.99. The first-order chi connectivity index (χ1) is 6.36. The summed E-state index contributed by atoms with van der Waals surface area (Å²) in [4.78, 5) is 0. The van der Waals surface area contributed by atoms with Crippen molar-refractivity contribution in [1.29, 1.82) is 0 Å². The Labute approximate surface area is 79.1 Å². The molecule has 0 amide bonds. The van der Waals surface area contributed by atoms with Crippen LogP contribution in [0.4, 0.5) is 0 Å². The molecule has 1 rings (SSSR count). The lowest BCUT2D eigenvalue weighted by Gasteiger charge is -1.95. The molecular formula is C11H14N2. The molecular weight excluding hydrogens is 160 g/mol. The summed E-state index contributed by atoms with van der Waals surface area (Å²) in [5, 5.41) is 2.97. The van der Waals surface area contributed by atoms with Gasteiger partial charge in [0.25, 0.3) is 0 Å². The van der Waals surface area contributed by atoms with Crippen LogP contribution in [0.15, 0.2) is 24.3 Å². The minimum atomic E-state index is 0.571. The molecule has 0 atom stereocenters. The maximum atomic E-state index is 5.51. The molecule has 0 aliphatic heterocycles. The SMILES string of the molecule is CNCC#Cc1cccc(CN)c1. The van der Waals surface area contributed by atoms with Crippen LogP contribution in [0.5, 0.6) is 0 Å². The van der Waals surface area contributed by atoms with Gasteiger partial charge in [0, 0.05) is 12.1 Å². The second-order valence-electron chi connectivity index (χ2n) is 2.74. The largest absolute Gasteiger partial charge is 0.326 e. The van der Waals surface area contributed by atoms with Crippen LogP contribution in [0.25, 0.3) is 0 Å². The Balaban J connectivity index is 2.73. The van der Waals surface area contributed by atoms with Gasteiger partial charge in [-0.15, -0.1) is 0 Å². The molecule has 0 spiro atoms. The van der Waals surface area contributed by atoms with E-state index in [9.17, 15) is 0 Å². The number of hydrogen-bond acceptors (Lipinski definition) is 2. The minimum absolute atomic E-state index is 0.571. The molecule has 0 saturated carbocycles. The number of hydrogen-bond donors (Lipinski definition) is 2. The third-order valence-corrected chi connectivity index (χ3v) is 1.66. The summed E-state index contributed by atoms with van der Waals surface area (Å²) in [6.45, 7) is 1.29. The third kappa shape index (κ3) is 3.29. The molecule has 68 valence electrons. The van der Waals surface area contributed by atoms with Gasteiger partial charge in [-0.1, -0.05) is 24.0 Å². The molecule has 0 bridgehead atoms. The molecule has 2 heteroatoms. The summed E-state index contributed by atoms with van der Waals surface area (Å²) < 4.78 is 0. The smallest absolute Gasteiger partial charge is 0.0577 e. The summed E-state index contributed by atoms with van der Waals surface area (Å²) in [6.07, 6.45) is 0. The fourth-order valence-corrected chi connectivity index (χ4v) is 1.01. The van der Waals surface area contributed by atoms with Gasteiger partial charge in [-0.25, -0.2) is 0 Å². The highest BCUT2D eigenvalue weighted by atomic mass is 14.8. The summed E-state index contributed by atoms with van der Waals surface area (Å²) in [5.74, 6) is 6.05. The van der Waals surface area contributed by atoms with Crippen LogP contribution in [0.1, 0.15) is 11.1 Å². The lowest BCUT2D eigenvalue weighted by atomic mass is 10.1. The monoisotopic (exact) mass is 174 g/mol. The van der Waals surface area contributed by atoms with Crippen LogP contribution in [0.2, 0.25) is 0 Å². The molecule has 0 heterocycles. The Hall–Kier alpha value is -1.30. The lowest BCUT2D eigenvalue weighted by molar-refractivity contribution is 0.938. The zero-order valence-corrected chi connectivity index (χ0v) is 7.80. The second-order valence-corrected chi connectivity index (χ2v) is 2.74. The van der Waals surface area contributed by atoms with Crippen molar-refractivity contribution in [2.75, 3.05) is 13.6 Å². The molecule has 13 heavy (non-hydrogen) atoms. The highest BCUT2D eigenvalue weighted by Crippen LogP contribution is 2.02. The highest BCUT2D eigenvalue weighted by Gasteiger charge is 1.89. The number of nitrogens with one attached hydrogen (secondary N) is 1. The Morgan fingerprint density at radius 2 is 2.31 bits per heavy atom. The summed E-state index contributed by atoms with van der Waals surface area (Å²) in [7, 11) is 1.88. The van der Waals surface area contributed by atoms with Gasteiger partial charge in [0.15, 0.2) is 0 Å². The van der Waals surface area contributed by atoms with Crippen molar-refractivity contribution in [3.8, 4) is 11.8 Å². The predicted octanol–water partition coefficient (Wildman–Crippen LogP) is 0.716. The Kier molecular flexibility index (Phi) is 4.04. The normalized spacial score (nSPS) is 9.08. The molecule has 0 saturated heterocycles. The summed E-state index contributed by atoms with van der Waals surface area (Å²) >= 11 is 0. The lowest BCUT2D eigenvalue weighted by Crippen LogP contribution is -2.04. The van der Waals surface area contributed by atoms with Crippen molar-refractivity contribution in [3.63, 3.8) is 0 Å². The van der Waals surface area contributed by atoms with Gasteiger partial charge in [-0.2, -0.15) is 0 Å². The van der Waals surface area contributed by atoms with E-state index in [4.69, 9.17) is 5.73 Å². The Morgan fingerprint density at radius 1 is 1.46 bits per heavy atom. The maximum absolute atomic E-state index is 5.51. The Morgan fingerprint density at radius 3 is 3.00 bits per heavy atom. The first kappa shape index (κ1) is 9.79. The Bertz CT molecular complexity index is 320. The fourth-order valence-electron chi connectivity index (χ4n) is 1.01. The third-order valence-electron chi connectivity index (χ3n) is 1.66. The maximum Gasteiger partial charge on any atom is 0.0577 e. The van der Waals surface area contributed by atoms with Crippen LogP contribution in [0, 0.1) is 11.8 Å². The van der Waals surface area contributed by atoms with E-state index in [1.807, 2.05) is 31.3 Å². The van der Waals surface area contributed by atoms with E-state index < -0.39 is 0 Å². The van der Waals surface area contributed by atoms with Gasteiger partial charge >= 0.3 is 0 Å². The zero-order valence-electron chi connectivity index (χ0n) is 7.80. The van der Waals surface area contributed by atoms with E-state index in [-0.39, 0.29) is 0 Å². The number of nitrogens with two attached hydrogens (primary N) is 1. The van der Waals surface area contributed by atoms with E-state index in [1.54, 1.807) is 0 Å². The molecule has 3 N–H and O–H groups in total. The number of rotatable bonds is 2. The van der Waals surface area contributed by atoms with Crippen molar-refractivity contribution in [2.45, 2.75) is 6.54 Å². The van der Waals surface area contributed by atoms with Crippen LogP contribution < -0.4 is 11.1 Å². The quantitative estimate of drug-likeness (QED) is 0.648. The van der Waals surface area contributed by atoms with E-state index in [0.29, 0.717) is 13.1 Å². The first-order valence-corrected chi connectivity index (χ1v) is 4.29.